The van der Waals surface area contributed by atoms with Crippen molar-refractivity contribution in [3.63, 3.8) is 0 Å². The molecule has 2 atom stereocenters. The summed E-state index contributed by atoms with van der Waals surface area (Å²) in [4.78, 5) is 11.6. The molecule has 0 aliphatic rings. The topological polar surface area (TPSA) is 67.2 Å². The molecule has 0 heterocycles. The third kappa shape index (κ3) is 5.19. The molecule has 1 amide bonds. The number of hydrogen-bond donors (Lipinski definition) is 3. The molecular weight excluding hydrogens is 226 g/mol. The average Bonchev–Trinajstić information content (AvgIpc) is 2.38. The summed E-state index contributed by atoms with van der Waals surface area (Å²) in [7, 11) is 0. The van der Waals surface area contributed by atoms with Crippen molar-refractivity contribution in [3.8, 4) is 0 Å². The van der Waals surface area contributed by atoms with Crippen molar-refractivity contribution in [1.82, 2.24) is 5.32 Å². The fourth-order valence-electron chi connectivity index (χ4n) is 1.49. The second-order valence-corrected chi connectivity index (χ2v) is 4.59. The molecule has 0 fully saturated rings. The van der Waals surface area contributed by atoms with Gasteiger partial charge in [-0.2, -0.15) is 0 Å². The van der Waals surface area contributed by atoms with Gasteiger partial charge >= 0.3 is 0 Å². The number of carbonyl (C=O) groups is 1. The zero-order valence-electron chi connectivity index (χ0n) is 11.1. The van der Waals surface area contributed by atoms with Crippen LogP contribution in [0.3, 0.4) is 0 Å². The lowest BCUT2D eigenvalue weighted by Gasteiger charge is -2.15. The van der Waals surface area contributed by atoms with E-state index < -0.39 is 0 Å². The fraction of sp³-hybridized carbons (Fsp3) is 0.500. The van der Waals surface area contributed by atoms with Crippen molar-refractivity contribution in [2.24, 2.45) is 11.7 Å². The standard InChI is InChI=1S/C14H23N3O/c1-11(12(2)15)14(18)17-10-6-9-16-13-7-4-3-5-8-13/h3-5,7-8,11-12,16H,6,9-10,15H2,1-2H3,(H,17,18). The van der Waals surface area contributed by atoms with Crippen molar-refractivity contribution >= 4 is 11.6 Å². The maximum absolute atomic E-state index is 11.6. The smallest absolute Gasteiger partial charge is 0.224 e. The summed E-state index contributed by atoms with van der Waals surface area (Å²) in [5.41, 5.74) is 6.77. The number of hydrogen-bond acceptors (Lipinski definition) is 3. The summed E-state index contributed by atoms with van der Waals surface area (Å²) >= 11 is 0. The second-order valence-electron chi connectivity index (χ2n) is 4.59. The third-order valence-corrected chi connectivity index (χ3v) is 2.96. The molecule has 1 aromatic carbocycles. The highest BCUT2D eigenvalue weighted by Gasteiger charge is 2.15. The van der Waals surface area contributed by atoms with E-state index >= 15 is 0 Å². The van der Waals surface area contributed by atoms with Crippen molar-refractivity contribution in [1.29, 1.82) is 0 Å². The predicted molar refractivity (Wildman–Crippen MR) is 75.4 cm³/mol. The van der Waals surface area contributed by atoms with E-state index in [9.17, 15) is 4.79 Å². The highest BCUT2D eigenvalue weighted by molar-refractivity contribution is 5.78. The summed E-state index contributed by atoms with van der Waals surface area (Å²) in [5.74, 6) is -0.100. The van der Waals surface area contributed by atoms with Gasteiger partial charge in [-0.3, -0.25) is 4.79 Å². The van der Waals surface area contributed by atoms with Crippen LogP contribution in [-0.4, -0.2) is 25.0 Å². The number of para-hydroxylation sites is 1. The van der Waals surface area contributed by atoms with Crippen LogP contribution in [0.25, 0.3) is 0 Å². The first-order chi connectivity index (χ1) is 8.61. The van der Waals surface area contributed by atoms with Gasteiger partial charge in [-0.1, -0.05) is 25.1 Å². The van der Waals surface area contributed by atoms with Crippen LogP contribution in [0.4, 0.5) is 5.69 Å². The van der Waals surface area contributed by atoms with Crippen molar-refractivity contribution < 1.29 is 4.79 Å². The molecule has 1 rings (SSSR count). The van der Waals surface area contributed by atoms with E-state index in [2.05, 4.69) is 10.6 Å². The van der Waals surface area contributed by atoms with E-state index in [1.165, 1.54) is 0 Å². The molecule has 0 radical (unpaired) electrons. The summed E-state index contributed by atoms with van der Waals surface area (Å²) in [6, 6.07) is 9.92. The number of nitrogens with two attached hydrogens (primary N) is 1. The number of nitrogens with one attached hydrogen (secondary N) is 2. The minimum Gasteiger partial charge on any atom is -0.385 e. The Hall–Kier alpha value is -1.55. The molecule has 0 saturated carbocycles. The molecular formula is C14H23N3O. The number of amides is 1. The molecule has 0 aromatic heterocycles. The van der Waals surface area contributed by atoms with Gasteiger partial charge < -0.3 is 16.4 Å². The van der Waals surface area contributed by atoms with Crippen LogP contribution in [0, 0.1) is 5.92 Å². The normalized spacial score (nSPS) is 13.7. The van der Waals surface area contributed by atoms with E-state index in [1.807, 2.05) is 44.2 Å². The Labute approximate surface area is 109 Å². The van der Waals surface area contributed by atoms with Gasteiger partial charge in [-0.25, -0.2) is 0 Å². The van der Waals surface area contributed by atoms with Gasteiger partial charge in [0.25, 0.3) is 0 Å². The summed E-state index contributed by atoms with van der Waals surface area (Å²) in [5, 5.41) is 6.19. The first kappa shape index (κ1) is 14.5. The van der Waals surface area contributed by atoms with Gasteiger partial charge in [0.1, 0.15) is 0 Å². The van der Waals surface area contributed by atoms with Crippen LogP contribution in [-0.2, 0) is 4.79 Å². The fourth-order valence-corrected chi connectivity index (χ4v) is 1.49. The van der Waals surface area contributed by atoms with Crippen molar-refractivity contribution in [3.05, 3.63) is 30.3 Å². The van der Waals surface area contributed by atoms with Crippen molar-refractivity contribution in [2.45, 2.75) is 26.3 Å². The first-order valence-corrected chi connectivity index (χ1v) is 6.43. The van der Waals surface area contributed by atoms with E-state index in [-0.39, 0.29) is 17.9 Å². The maximum atomic E-state index is 11.6. The lowest BCUT2D eigenvalue weighted by molar-refractivity contribution is -0.124. The quantitative estimate of drug-likeness (QED) is 0.643. The van der Waals surface area contributed by atoms with E-state index in [0.29, 0.717) is 6.54 Å². The second kappa shape index (κ2) is 7.71. The Morgan fingerprint density at radius 1 is 1.22 bits per heavy atom. The molecule has 4 N–H and O–H groups in total. The molecule has 4 nitrogen and oxygen atoms in total. The zero-order chi connectivity index (χ0) is 13.4. The lowest BCUT2D eigenvalue weighted by Crippen LogP contribution is -2.39. The molecule has 4 heteroatoms. The van der Waals surface area contributed by atoms with E-state index in [4.69, 9.17) is 5.73 Å². The van der Waals surface area contributed by atoms with E-state index in [1.54, 1.807) is 0 Å². The van der Waals surface area contributed by atoms with Gasteiger partial charge in [0.15, 0.2) is 0 Å². The predicted octanol–water partition coefficient (Wildman–Crippen LogP) is 1.59. The lowest BCUT2D eigenvalue weighted by atomic mass is 10.0. The molecule has 2 unspecified atom stereocenters. The first-order valence-electron chi connectivity index (χ1n) is 6.43. The van der Waals surface area contributed by atoms with Crippen LogP contribution >= 0.6 is 0 Å². The Balaban J connectivity index is 2.11. The molecule has 1 aromatic rings. The Kier molecular flexibility index (Phi) is 6.22. The van der Waals surface area contributed by atoms with Gasteiger partial charge in [-0.05, 0) is 25.5 Å². The number of carbonyl (C=O) groups excluding carboxylic acids is 1. The zero-order valence-corrected chi connectivity index (χ0v) is 11.1. The molecule has 18 heavy (non-hydrogen) atoms. The highest BCUT2D eigenvalue weighted by Crippen LogP contribution is 2.04. The van der Waals surface area contributed by atoms with Crippen LogP contribution in [0.1, 0.15) is 20.3 Å². The third-order valence-electron chi connectivity index (χ3n) is 2.96. The van der Waals surface area contributed by atoms with Gasteiger partial charge in [0.2, 0.25) is 5.91 Å². The van der Waals surface area contributed by atoms with Gasteiger partial charge in [-0.15, -0.1) is 0 Å². The minimum absolute atomic E-state index is 0.0321. The summed E-state index contributed by atoms with van der Waals surface area (Å²) < 4.78 is 0. The van der Waals surface area contributed by atoms with Crippen LogP contribution < -0.4 is 16.4 Å². The average molecular weight is 249 g/mol. The molecule has 0 bridgehead atoms. The largest absolute Gasteiger partial charge is 0.385 e. The molecule has 0 aliphatic carbocycles. The maximum Gasteiger partial charge on any atom is 0.224 e. The molecule has 0 spiro atoms. The molecule has 100 valence electrons. The van der Waals surface area contributed by atoms with E-state index in [0.717, 1.165) is 18.7 Å². The van der Waals surface area contributed by atoms with Gasteiger partial charge in [0, 0.05) is 30.7 Å². The minimum atomic E-state index is -0.132. The number of rotatable bonds is 7. The Morgan fingerprint density at radius 3 is 2.50 bits per heavy atom. The van der Waals surface area contributed by atoms with Crippen molar-refractivity contribution in [2.75, 3.05) is 18.4 Å². The van der Waals surface area contributed by atoms with Crippen LogP contribution in [0.2, 0.25) is 0 Å². The van der Waals surface area contributed by atoms with Crippen LogP contribution in [0.15, 0.2) is 30.3 Å². The number of anilines is 1. The monoisotopic (exact) mass is 249 g/mol. The summed E-state index contributed by atoms with van der Waals surface area (Å²) in [6.07, 6.45) is 0.895. The van der Waals surface area contributed by atoms with Gasteiger partial charge in [0.05, 0.1) is 0 Å². The molecule has 0 aliphatic heterocycles. The Morgan fingerprint density at radius 2 is 1.89 bits per heavy atom. The molecule has 0 saturated heterocycles. The SMILES string of the molecule is CC(N)C(C)C(=O)NCCCNc1ccccc1. The summed E-state index contributed by atoms with van der Waals surface area (Å²) in [6.45, 7) is 5.22. The number of benzene rings is 1. The van der Waals surface area contributed by atoms with Crippen LogP contribution in [0.5, 0.6) is 0 Å². The Bertz CT molecular complexity index is 351. The highest BCUT2D eigenvalue weighted by atomic mass is 16.1.